The molecule has 6 nitrogen and oxygen atoms in total. The van der Waals surface area contributed by atoms with Crippen LogP contribution in [0, 0.1) is 0 Å². The summed E-state index contributed by atoms with van der Waals surface area (Å²) in [4.78, 5) is 12.2. The van der Waals surface area contributed by atoms with Crippen molar-refractivity contribution in [3.63, 3.8) is 0 Å². The minimum atomic E-state index is -3.74. The fourth-order valence-corrected chi connectivity index (χ4v) is 4.81. The first-order valence-corrected chi connectivity index (χ1v) is 9.56. The molecule has 1 amide bonds. The molecule has 24 heavy (non-hydrogen) atoms. The molecular formula is C15H17ClN2O4S2. The van der Waals surface area contributed by atoms with Gasteiger partial charge in [0.1, 0.15) is 4.21 Å². The molecule has 1 heterocycles. The van der Waals surface area contributed by atoms with Gasteiger partial charge in [0.2, 0.25) is 5.91 Å². The van der Waals surface area contributed by atoms with Crippen LogP contribution in [0.5, 0.6) is 0 Å². The average molecular weight is 389 g/mol. The standard InChI is InChI=1S/C15H17ClN2O4S2/c1-18(24(20,21)15-8-7-13(16)23-15)9-14(19)17-12-6-4-3-5-11(12)10-22-2/h3-8H,9-10H2,1-2H3,(H,17,19). The first kappa shape index (κ1) is 18.9. The second-order valence-corrected chi connectivity index (χ2v) is 8.94. The van der Waals surface area contributed by atoms with E-state index in [1.54, 1.807) is 19.2 Å². The molecule has 9 heteroatoms. The number of amides is 1. The Bertz CT molecular complexity index is 820. The summed E-state index contributed by atoms with van der Waals surface area (Å²) < 4.78 is 31.3. The lowest BCUT2D eigenvalue weighted by Gasteiger charge is -2.16. The quantitative estimate of drug-likeness (QED) is 0.791. The Kier molecular flexibility index (Phi) is 6.36. The molecule has 130 valence electrons. The van der Waals surface area contributed by atoms with E-state index in [-0.39, 0.29) is 10.8 Å². The highest BCUT2D eigenvalue weighted by molar-refractivity contribution is 7.91. The molecule has 0 saturated carbocycles. The van der Waals surface area contributed by atoms with E-state index in [9.17, 15) is 13.2 Å². The Morgan fingerprint density at radius 2 is 2.00 bits per heavy atom. The molecule has 0 radical (unpaired) electrons. The van der Waals surface area contributed by atoms with Crippen LogP contribution in [0.1, 0.15) is 5.56 Å². The number of rotatable bonds is 7. The number of halogens is 1. The van der Waals surface area contributed by atoms with E-state index in [2.05, 4.69) is 5.32 Å². The van der Waals surface area contributed by atoms with Gasteiger partial charge in [0, 0.05) is 25.4 Å². The van der Waals surface area contributed by atoms with E-state index in [0.29, 0.717) is 16.6 Å². The lowest BCUT2D eigenvalue weighted by molar-refractivity contribution is -0.116. The number of benzene rings is 1. The molecular weight excluding hydrogens is 372 g/mol. The van der Waals surface area contributed by atoms with E-state index in [1.165, 1.54) is 19.2 Å². The van der Waals surface area contributed by atoms with Gasteiger partial charge in [-0.05, 0) is 18.2 Å². The number of likely N-dealkylation sites (N-methyl/N-ethyl adjacent to an activating group) is 1. The summed E-state index contributed by atoms with van der Waals surface area (Å²) in [5.41, 5.74) is 1.40. The molecule has 0 saturated heterocycles. The SMILES string of the molecule is COCc1ccccc1NC(=O)CN(C)S(=O)(=O)c1ccc(Cl)s1. The van der Waals surface area contributed by atoms with Gasteiger partial charge >= 0.3 is 0 Å². The van der Waals surface area contributed by atoms with Gasteiger partial charge in [-0.1, -0.05) is 29.8 Å². The summed E-state index contributed by atoms with van der Waals surface area (Å²) in [5.74, 6) is -0.438. The summed E-state index contributed by atoms with van der Waals surface area (Å²) >= 11 is 6.73. The van der Waals surface area contributed by atoms with Crippen molar-refractivity contribution >= 4 is 44.6 Å². The number of nitrogens with zero attached hydrogens (tertiary/aromatic N) is 1. The Morgan fingerprint density at radius 1 is 1.29 bits per heavy atom. The van der Waals surface area contributed by atoms with Gasteiger partial charge < -0.3 is 10.1 Å². The summed E-state index contributed by atoms with van der Waals surface area (Å²) in [6.07, 6.45) is 0. The zero-order valence-electron chi connectivity index (χ0n) is 13.2. The fraction of sp³-hybridized carbons (Fsp3) is 0.267. The largest absolute Gasteiger partial charge is 0.380 e. The molecule has 0 spiro atoms. The number of carbonyl (C=O) groups is 1. The normalized spacial score (nSPS) is 11.7. The number of carbonyl (C=O) groups excluding carboxylic acids is 1. The highest BCUT2D eigenvalue weighted by atomic mass is 35.5. The predicted octanol–water partition coefficient (Wildman–Crippen LogP) is 2.81. The molecule has 0 fully saturated rings. The molecule has 0 atom stereocenters. The average Bonchev–Trinajstić information content (AvgIpc) is 2.96. The Labute approximate surface area is 150 Å². The highest BCUT2D eigenvalue weighted by Crippen LogP contribution is 2.27. The van der Waals surface area contributed by atoms with E-state index >= 15 is 0 Å². The Morgan fingerprint density at radius 3 is 2.62 bits per heavy atom. The van der Waals surface area contributed by atoms with Crippen LogP contribution < -0.4 is 5.32 Å². The van der Waals surface area contributed by atoms with Crippen molar-refractivity contribution in [1.29, 1.82) is 0 Å². The van der Waals surface area contributed by atoms with Crippen LogP contribution in [0.25, 0.3) is 0 Å². The third-order valence-electron chi connectivity index (χ3n) is 3.17. The number of hydrogen-bond acceptors (Lipinski definition) is 5. The van der Waals surface area contributed by atoms with Gasteiger partial charge in [0.15, 0.2) is 0 Å². The molecule has 0 aliphatic heterocycles. The summed E-state index contributed by atoms with van der Waals surface area (Å²) in [6.45, 7) is 0.0391. The maximum absolute atomic E-state index is 12.4. The first-order valence-electron chi connectivity index (χ1n) is 6.93. The number of methoxy groups -OCH3 is 1. The zero-order chi connectivity index (χ0) is 17.7. The number of anilines is 1. The van der Waals surface area contributed by atoms with Crippen LogP contribution in [0.15, 0.2) is 40.6 Å². The number of thiophene rings is 1. The molecule has 2 aromatic rings. The Balaban J connectivity index is 2.07. The number of ether oxygens (including phenoxy) is 1. The lowest BCUT2D eigenvalue weighted by Crippen LogP contribution is -2.34. The van der Waals surface area contributed by atoms with Crippen molar-refractivity contribution < 1.29 is 17.9 Å². The number of hydrogen-bond donors (Lipinski definition) is 1. The highest BCUT2D eigenvalue weighted by Gasteiger charge is 2.24. The van der Waals surface area contributed by atoms with Gasteiger partial charge in [0.05, 0.1) is 17.5 Å². The molecule has 0 bridgehead atoms. The summed E-state index contributed by atoms with van der Waals surface area (Å²) in [5, 5.41) is 2.71. The van der Waals surface area contributed by atoms with Gasteiger partial charge in [-0.15, -0.1) is 11.3 Å². The van der Waals surface area contributed by atoms with Crippen molar-refractivity contribution in [1.82, 2.24) is 4.31 Å². The predicted molar refractivity (Wildman–Crippen MR) is 94.9 cm³/mol. The van der Waals surface area contributed by atoms with Crippen molar-refractivity contribution in [3.8, 4) is 0 Å². The van der Waals surface area contributed by atoms with Crippen LogP contribution in [-0.2, 0) is 26.2 Å². The molecule has 2 rings (SSSR count). The summed E-state index contributed by atoms with van der Waals surface area (Å²) in [7, 11) is -0.833. The van der Waals surface area contributed by atoms with Crippen molar-refractivity contribution in [2.45, 2.75) is 10.8 Å². The van der Waals surface area contributed by atoms with E-state index in [0.717, 1.165) is 21.2 Å². The lowest BCUT2D eigenvalue weighted by atomic mass is 10.2. The van der Waals surface area contributed by atoms with Gasteiger partial charge in [-0.25, -0.2) is 8.42 Å². The molecule has 0 unspecified atom stereocenters. The maximum atomic E-state index is 12.4. The van der Waals surface area contributed by atoms with E-state index < -0.39 is 15.9 Å². The number of para-hydroxylation sites is 1. The zero-order valence-corrected chi connectivity index (χ0v) is 15.5. The minimum Gasteiger partial charge on any atom is -0.380 e. The van der Waals surface area contributed by atoms with Crippen LogP contribution in [0.4, 0.5) is 5.69 Å². The van der Waals surface area contributed by atoms with Crippen LogP contribution in [-0.4, -0.2) is 39.3 Å². The molecule has 0 aliphatic rings. The Hall–Kier alpha value is -1.45. The van der Waals surface area contributed by atoms with E-state index in [4.69, 9.17) is 16.3 Å². The monoisotopic (exact) mass is 388 g/mol. The van der Waals surface area contributed by atoms with Gasteiger partial charge in [0.25, 0.3) is 10.0 Å². The van der Waals surface area contributed by atoms with E-state index in [1.807, 2.05) is 12.1 Å². The van der Waals surface area contributed by atoms with Crippen molar-refractivity contribution in [2.75, 3.05) is 26.0 Å². The molecule has 1 N–H and O–H groups in total. The van der Waals surface area contributed by atoms with Gasteiger partial charge in [-0.2, -0.15) is 4.31 Å². The van der Waals surface area contributed by atoms with Crippen molar-refractivity contribution in [2.24, 2.45) is 0 Å². The molecule has 1 aromatic heterocycles. The molecule has 0 aliphatic carbocycles. The third kappa shape index (κ3) is 4.55. The third-order valence-corrected chi connectivity index (χ3v) is 6.67. The first-order chi connectivity index (χ1) is 11.3. The summed E-state index contributed by atoms with van der Waals surface area (Å²) in [6, 6.07) is 10.1. The van der Waals surface area contributed by atoms with Crippen LogP contribution in [0.2, 0.25) is 4.34 Å². The van der Waals surface area contributed by atoms with Gasteiger partial charge in [-0.3, -0.25) is 4.79 Å². The van der Waals surface area contributed by atoms with Crippen LogP contribution in [0.3, 0.4) is 0 Å². The minimum absolute atomic E-state index is 0.0996. The van der Waals surface area contributed by atoms with Crippen molar-refractivity contribution in [3.05, 3.63) is 46.3 Å². The topological polar surface area (TPSA) is 75.7 Å². The fourth-order valence-electron chi connectivity index (χ4n) is 1.99. The maximum Gasteiger partial charge on any atom is 0.252 e. The second-order valence-electron chi connectivity index (χ2n) is 4.96. The van der Waals surface area contributed by atoms with Crippen LogP contribution >= 0.6 is 22.9 Å². The number of nitrogens with one attached hydrogen (secondary N) is 1. The second kappa shape index (κ2) is 8.09. The molecule has 1 aromatic carbocycles. The smallest absolute Gasteiger partial charge is 0.252 e. The number of sulfonamides is 1.